The Kier molecular flexibility index (Phi) is 6.50. The van der Waals surface area contributed by atoms with Gasteiger partial charge < -0.3 is 24.5 Å². The zero-order chi connectivity index (χ0) is 24.7. The van der Waals surface area contributed by atoms with Gasteiger partial charge in [0.05, 0.1) is 34.5 Å². The molecule has 180 valence electrons. The average molecular weight is 549 g/mol. The zero-order valence-corrected chi connectivity index (χ0v) is 21.4. The van der Waals surface area contributed by atoms with Crippen molar-refractivity contribution < 1.29 is 23.5 Å². The summed E-state index contributed by atoms with van der Waals surface area (Å²) in [6, 6.07) is 10.5. The molecule has 0 saturated heterocycles. The lowest BCUT2D eigenvalue weighted by atomic mass is 9.83. The van der Waals surface area contributed by atoms with Crippen LogP contribution in [0.4, 0.5) is 0 Å². The monoisotopic (exact) mass is 548 g/mol. The Balaban J connectivity index is 1.67. The molecule has 0 spiro atoms. The molecule has 11 heteroatoms. The number of furan rings is 1. The lowest BCUT2D eigenvalue weighted by molar-refractivity contribution is -0.136. The van der Waals surface area contributed by atoms with Gasteiger partial charge in [-0.3, -0.25) is 4.79 Å². The van der Waals surface area contributed by atoms with Crippen LogP contribution in [0, 0.1) is 0 Å². The number of halogens is 2. The molecule has 2 aliphatic heterocycles. The molecule has 35 heavy (non-hydrogen) atoms. The smallest absolute Gasteiger partial charge is 0.340 e. The first-order chi connectivity index (χ1) is 16.9. The predicted octanol–water partition coefficient (Wildman–Crippen LogP) is 5.66. The van der Waals surface area contributed by atoms with Gasteiger partial charge in [-0.05, 0) is 42.5 Å². The zero-order valence-electron chi connectivity index (χ0n) is 18.2. The van der Waals surface area contributed by atoms with Crippen LogP contribution in [0.15, 0.2) is 75.4 Å². The molecule has 0 bridgehead atoms. The second-order valence-electron chi connectivity index (χ2n) is 7.75. The van der Waals surface area contributed by atoms with Crippen LogP contribution >= 0.6 is 45.9 Å². The molecule has 2 aliphatic rings. The van der Waals surface area contributed by atoms with Gasteiger partial charge in [-0.25, -0.2) is 4.79 Å². The SMILES string of the molecule is COC(=O)C1=C(N)OC2=C(CN(C(=O)c3ccco3)C/C2=C\c2ccc(Cl)s2)C1c1ccc(Cl)s1. The van der Waals surface area contributed by atoms with Crippen LogP contribution in [-0.2, 0) is 14.3 Å². The Hall–Kier alpha value is -2.98. The molecule has 1 amide bonds. The summed E-state index contributed by atoms with van der Waals surface area (Å²) in [5.74, 6) is -0.839. The summed E-state index contributed by atoms with van der Waals surface area (Å²) in [4.78, 5) is 29.4. The first kappa shape index (κ1) is 23.7. The van der Waals surface area contributed by atoms with Gasteiger partial charge in [-0.2, -0.15) is 0 Å². The van der Waals surface area contributed by atoms with Gasteiger partial charge >= 0.3 is 5.97 Å². The van der Waals surface area contributed by atoms with Gasteiger partial charge in [-0.1, -0.05) is 23.2 Å². The van der Waals surface area contributed by atoms with E-state index in [4.69, 9.17) is 42.8 Å². The number of carbonyl (C=O) groups excluding carboxylic acids is 2. The van der Waals surface area contributed by atoms with E-state index in [1.807, 2.05) is 18.2 Å². The van der Waals surface area contributed by atoms with Crippen LogP contribution in [0.1, 0.15) is 26.2 Å². The standard InChI is InChI=1S/C24H18Cl2N2O5S2/c1-31-24(30)20-19(16-5-7-18(26)35-16)14-11-28(23(29)15-3-2-8-32-15)10-12(21(14)33-22(20)27)9-13-4-6-17(25)34-13/h2-9,19H,10-11,27H2,1H3/b12-9+. The molecule has 1 atom stereocenters. The van der Waals surface area contributed by atoms with Crippen molar-refractivity contribution in [1.29, 1.82) is 0 Å². The molecule has 1 unspecified atom stereocenters. The largest absolute Gasteiger partial charge is 0.465 e. The summed E-state index contributed by atoms with van der Waals surface area (Å²) < 4.78 is 17.6. The summed E-state index contributed by atoms with van der Waals surface area (Å²) in [6.45, 7) is 0.429. The van der Waals surface area contributed by atoms with Crippen LogP contribution in [0.3, 0.4) is 0 Å². The first-order valence-electron chi connectivity index (χ1n) is 10.4. The van der Waals surface area contributed by atoms with Crippen molar-refractivity contribution in [1.82, 2.24) is 4.90 Å². The molecular formula is C24H18Cl2N2O5S2. The molecule has 2 N–H and O–H groups in total. The van der Waals surface area contributed by atoms with E-state index in [2.05, 4.69) is 0 Å². The fourth-order valence-electron chi connectivity index (χ4n) is 4.17. The number of nitrogens with zero attached hydrogens (tertiary/aromatic N) is 1. The number of methoxy groups -OCH3 is 1. The molecule has 5 heterocycles. The van der Waals surface area contributed by atoms with Crippen molar-refractivity contribution in [2.45, 2.75) is 5.92 Å². The molecule has 0 saturated carbocycles. The highest BCUT2D eigenvalue weighted by Crippen LogP contribution is 2.47. The second kappa shape index (κ2) is 9.58. The molecule has 7 nitrogen and oxygen atoms in total. The Bertz CT molecular complexity index is 1400. The fraction of sp³-hybridized carbons (Fsp3) is 0.167. The summed E-state index contributed by atoms with van der Waals surface area (Å²) >= 11 is 15.1. The van der Waals surface area contributed by atoms with Crippen molar-refractivity contribution >= 4 is 63.8 Å². The van der Waals surface area contributed by atoms with Crippen LogP contribution in [0.25, 0.3) is 6.08 Å². The maximum absolute atomic E-state index is 13.3. The van der Waals surface area contributed by atoms with Gasteiger partial charge in [0.2, 0.25) is 5.88 Å². The minimum Gasteiger partial charge on any atom is -0.465 e. The molecule has 0 fully saturated rings. The fourth-order valence-corrected chi connectivity index (χ4v) is 6.40. The normalized spacial score (nSPS) is 19.1. The van der Waals surface area contributed by atoms with Gasteiger partial charge in [0, 0.05) is 27.4 Å². The summed E-state index contributed by atoms with van der Waals surface area (Å²) in [5.41, 5.74) is 7.85. The van der Waals surface area contributed by atoms with Crippen molar-refractivity contribution in [2.75, 3.05) is 20.2 Å². The van der Waals surface area contributed by atoms with Gasteiger partial charge in [0.1, 0.15) is 11.3 Å². The minimum absolute atomic E-state index is 0.0500. The van der Waals surface area contributed by atoms with E-state index >= 15 is 0 Å². The lowest BCUT2D eigenvalue weighted by Crippen LogP contribution is -2.42. The molecule has 0 radical (unpaired) electrons. The van der Waals surface area contributed by atoms with Gasteiger partial charge in [0.15, 0.2) is 5.76 Å². The Labute approximate surface area is 218 Å². The number of ether oxygens (including phenoxy) is 2. The maximum Gasteiger partial charge on any atom is 0.340 e. The average Bonchev–Trinajstić information content (AvgIpc) is 3.60. The minimum atomic E-state index is -0.617. The Morgan fingerprint density at radius 2 is 1.91 bits per heavy atom. The molecule has 0 aromatic carbocycles. The van der Waals surface area contributed by atoms with E-state index in [1.54, 1.807) is 29.2 Å². The van der Waals surface area contributed by atoms with Gasteiger partial charge in [0.25, 0.3) is 5.91 Å². The van der Waals surface area contributed by atoms with Gasteiger partial charge in [-0.15, -0.1) is 22.7 Å². The summed E-state index contributed by atoms with van der Waals surface area (Å²) in [5, 5.41) is 0. The number of thiophene rings is 2. The van der Waals surface area contributed by atoms with Crippen molar-refractivity contribution in [3.8, 4) is 0 Å². The molecule has 5 rings (SSSR count). The second-order valence-corrected chi connectivity index (χ2v) is 11.2. The van der Waals surface area contributed by atoms with E-state index in [9.17, 15) is 9.59 Å². The third-order valence-electron chi connectivity index (χ3n) is 5.63. The van der Waals surface area contributed by atoms with Crippen molar-refractivity contribution in [3.63, 3.8) is 0 Å². The molecule has 3 aromatic rings. The summed E-state index contributed by atoms with van der Waals surface area (Å²) in [7, 11) is 1.28. The van der Waals surface area contributed by atoms with Crippen molar-refractivity contribution in [2.24, 2.45) is 5.73 Å². The predicted molar refractivity (Wildman–Crippen MR) is 135 cm³/mol. The number of rotatable bonds is 4. The van der Waals surface area contributed by atoms with Crippen molar-refractivity contribution in [3.05, 3.63) is 95.2 Å². The Morgan fingerprint density at radius 1 is 1.14 bits per heavy atom. The Morgan fingerprint density at radius 3 is 2.54 bits per heavy atom. The number of esters is 1. The highest BCUT2D eigenvalue weighted by Gasteiger charge is 2.42. The number of hydrogen-bond donors (Lipinski definition) is 1. The molecular weight excluding hydrogens is 531 g/mol. The molecule has 0 aliphatic carbocycles. The number of hydrogen-bond acceptors (Lipinski definition) is 8. The van der Waals surface area contributed by atoms with Crippen LogP contribution in [0.5, 0.6) is 0 Å². The maximum atomic E-state index is 13.3. The lowest BCUT2D eigenvalue weighted by Gasteiger charge is -2.38. The summed E-state index contributed by atoms with van der Waals surface area (Å²) in [6.07, 6.45) is 3.35. The van der Waals surface area contributed by atoms with Crippen LogP contribution < -0.4 is 5.73 Å². The first-order valence-corrected chi connectivity index (χ1v) is 12.8. The number of nitrogens with two attached hydrogens (primary N) is 1. The third kappa shape index (κ3) is 4.52. The van der Waals surface area contributed by atoms with E-state index < -0.39 is 11.9 Å². The van der Waals surface area contributed by atoms with E-state index in [-0.39, 0.29) is 36.2 Å². The van der Waals surface area contributed by atoms with E-state index in [1.165, 1.54) is 36.0 Å². The van der Waals surface area contributed by atoms with Crippen LogP contribution in [-0.4, -0.2) is 37.0 Å². The van der Waals surface area contributed by atoms with E-state index in [0.29, 0.717) is 25.6 Å². The number of carbonyl (C=O) groups is 2. The van der Waals surface area contributed by atoms with Crippen LogP contribution in [0.2, 0.25) is 8.67 Å². The van der Waals surface area contributed by atoms with E-state index in [0.717, 1.165) is 9.75 Å². The topological polar surface area (TPSA) is 95.0 Å². The number of amides is 1. The highest BCUT2D eigenvalue weighted by atomic mass is 35.5. The third-order valence-corrected chi connectivity index (χ3v) is 8.11. The molecule has 3 aromatic heterocycles. The quantitative estimate of drug-likeness (QED) is 0.422. The highest BCUT2D eigenvalue weighted by molar-refractivity contribution is 7.17.